The van der Waals surface area contributed by atoms with Crippen molar-refractivity contribution in [3.05, 3.63) is 62.3 Å². The fraction of sp³-hybridized carbons (Fsp3) is 0.143. The van der Waals surface area contributed by atoms with E-state index in [2.05, 4.69) is 10.3 Å². The van der Waals surface area contributed by atoms with Gasteiger partial charge in [-0.1, -0.05) is 29.3 Å². The van der Waals surface area contributed by atoms with E-state index < -0.39 is 4.92 Å². The van der Waals surface area contributed by atoms with Crippen molar-refractivity contribution in [1.82, 2.24) is 4.98 Å². The normalized spacial score (nSPS) is 10.3. The lowest BCUT2D eigenvalue weighted by Gasteiger charge is -2.06. The summed E-state index contributed by atoms with van der Waals surface area (Å²) in [6.07, 6.45) is 1.09. The Balaban J connectivity index is 1.82. The topological polar surface area (TPSA) is 85.1 Å². The van der Waals surface area contributed by atoms with E-state index in [0.29, 0.717) is 15.8 Å². The fourth-order valence-corrected chi connectivity index (χ4v) is 3.03. The van der Waals surface area contributed by atoms with Crippen LogP contribution in [0.4, 0.5) is 11.5 Å². The van der Waals surface area contributed by atoms with Crippen molar-refractivity contribution < 1.29 is 9.72 Å². The first-order valence-electron chi connectivity index (χ1n) is 6.37. The molecule has 0 spiro atoms. The average Bonchev–Trinajstić information content (AvgIpc) is 2.50. The minimum absolute atomic E-state index is 0.130. The number of nitro groups is 1. The first-order valence-corrected chi connectivity index (χ1v) is 8.29. The van der Waals surface area contributed by atoms with E-state index in [0.717, 1.165) is 11.8 Å². The van der Waals surface area contributed by atoms with Gasteiger partial charge < -0.3 is 5.32 Å². The highest BCUT2D eigenvalue weighted by Crippen LogP contribution is 2.24. The summed E-state index contributed by atoms with van der Waals surface area (Å²) in [4.78, 5) is 25.6. The molecule has 9 heteroatoms. The standard InChI is InChI=1S/C14H11Cl2N3O3S/c15-10-2-1-9(12(16)5-10)7-23-8-14(20)18-13-4-3-11(6-17-13)19(21)22/h1-6H,7-8H2,(H,17,18,20). The molecule has 2 aromatic rings. The van der Waals surface area contributed by atoms with Crippen LogP contribution in [0.3, 0.4) is 0 Å². The predicted molar refractivity (Wildman–Crippen MR) is 92.1 cm³/mol. The van der Waals surface area contributed by atoms with Crippen molar-refractivity contribution in [2.45, 2.75) is 5.75 Å². The lowest BCUT2D eigenvalue weighted by Crippen LogP contribution is -2.15. The van der Waals surface area contributed by atoms with Crippen LogP contribution in [0.2, 0.25) is 10.0 Å². The Hall–Kier alpha value is -1.83. The molecule has 0 saturated carbocycles. The van der Waals surface area contributed by atoms with Gasteiger partial charge in [0, 0.05) is 21.9 Å². The molecule has 0 radical (unpaired) electrons. The molecule has 0 saturated heterocycles. The third-order valence-electron chi connectivity index (χ3n) is 2.73. The molecule has 0 bridgehead atoms. The third kappa shape index (κ3) is 5.38. The van der Waals surface area contributed by atoms with Gasteiger partial charge in [-0.05, 0) is 23.8 Å². The highest BCUT2D eigenvalue weighted by atomic mass is 35.5. The molecule has 0 fully saturated rings. The zero-order chi connectivity index (χ0) is 16.8. The molecule has 1 aromatic heterocycles. The summed E-state index contributed by atoms with van der Waals surface area (Å²) >= 11 is 13.3. The molecule has 0 aliphatic rings. The number of nitrogens with one attached hydrogen (secondary N) is 1. The average molecular weight is 372 g/mol. The Morgan fingerprint density at radius 2 is 2.09 bits per heavy atom. The van der Waals surface area contributed by atoms with Crippen molar-refractivity contribution >= 4 is 52.4 Å². The smallest absolute Gasteiger partial charge is 0.287 e. The first kappa shape index (κ1) is 17.5. The van der Waals surface area contributed by atoms with E-state index in [1.807, 2.05) is 6.07 Å². The van der Waals surface area contributed by atoms with Gasteiger partial charge >= 0.3 is 0 Å². The lowest BCUT2D eigenvalue weighted by molar-refractivity contribution is -0.385. The first-order chi connectivity index (χ1) is 11.0. The second kappa shape index (κ2) is 8.14. The van der Waals surface area contributed by atoms with E-state index in [-0.39, 0.29) is 23.2 Å². The van der Waals surface area contributed by atoms with Crippen LogP contribution < -0.4 is 5.32 Å². The molecular weight excluding hydrogens is 361 g/mol. The quantitative estimate of drug-likeness (QED) is 0.608. The number of carbonyl (C=O) groups excluding carboxylic acids is 1. The number of nitrogens with zero attached hydrogens (tertiary/aromatic N) is 2. The van der Waals surface area contributed by atoms with E-state index in [1.54, 1.807) is 12.1 Å². The Labute approximate surface area is 146 Å². The number of hydrogen-bond acceptors (Lipinski definition) is 5. The summed E-state index contributed by atoms with van der Waals surface area (Å²) in [6.45, 7) is 0. The van der Waals surface area contributed by atoms with Gasteiger partial charge in [0.1, 0.15) is 12.0 Å². The van der Waals surface area contributed by atoms with Gasteiger partial charge in [-0.25, -0.2) is 4.98 Å². The Bertz CT molecular complexity index is 726. The van der Waals surface area contributed by atoms with Crippen LogP contribution in [0, 0.1) is 10.1 Å². The molecule has 1 amide bonds. The van der Waals surface area contributed by atoms with Crippen LogP contribution in [0.5, 0.6) is 0 Å². The highest BCUT2D eigenvalue weighted by Gasteiger charge is 2.08. The van der Waals surface area contributed by atoms with Gasteiger partial charge in [-0.15, -0.1) is 11.8 Å². The molecule has 6 nitrogen and oxygen atoms in total. The van der Waals surface area contributed by atoms with Crippen LogP contribution in [-0.2, 0) is 10.5 Å². The number of hydrogen-bond donors (Lipinski definition) is 1. The van der Waals surface area contributed by atoms with Crippen LogP contribution in [-0.4, -0.2) is 21.6 Å². The lowest BCUT2D eigenvalue weighted by atomic mass is 10.2. The number of benzene rings is 1. The van der Waals surface area contributed by atoms with Gasteiger partial charge in [0.05, 0.1) is 10.7 Å². The van der Waals surface area contributed by atoms with Crippen molar-refractivity contribution in [2.75, 3.05) is 11.1 Å². The van der Waals surface area contributed by atoms with E-state index in [1.165, 1.54) is 23.9 Å². The zero-order valence-corrected chi connectivity index (χ0v) is 14.0. The fourth-order valence-electron chi connectivity index (χ4n) is 1.64. The number of aromatic nitrogens is 1. The molecule has 1 heterocycles. The number of carbonyl (C=O) groups is 1. The monoisotopic (exact) mass is 371 g/mol. The number of pyridine rings is 1. The number of halogens is 2. The van der Waals surface area contributed by atoms with Crippen LogP contribution in [0.1, 0.15) is 5.56 Å². The summed E-state index contributed by atoms with van der Waals surface area (Å²) < 4.78 is 0. The maximum absolute atomic E-state index is 11.8. The number of rotatable bonds is 6. The maximum atomic E-state index is 11.8. The van der Waals surface area contributed by atoms with E-state index in [4.69, 9.17) is 23.2 Å². The van der Waals surface area contributed by atoms with Crippen molar-refractivity contribution in [1.29, 1.82) is 0 Å². The van der Waals surface area contributed by atoms with Gasteiger partial charge in [0.25, 0.3) is 5.69 Å². The molecule has 0 unspecified atom stereocenters. The van der Waals surface area contributed by atoms with Gasteiger partial charge in [0.15, 0.2) is 0 Å². The Kier molecular flexibility index (Phi) is 6.20. The van der Waals surface area contributed by atoms with Gasteiger partial charge in [-0.2, -0.15) is 0 Å². The zero-order valence-electron chi connectivity index (χ0n) is 11.7. The van der Waals surface area contributed by atoms with E-state index >= 15 is 0 Å². The summed E-state index contributed by atoms with van der Waals surface area (Å²) in [5.74, 6) is 0.793. The molecule has 1 aromatic carbocycles. The third-order valence-corrected chi connectivity index (χ3v) is 4.30. The number of amides is 1. The second-order valence-electron chi connectivity index (χ2n) is 4.44. The summed E-state index contributed by atoms with van der Waals surface area (Å²) in [6, 6.07) is 7.87. The van der Waals surface area contributed by atoms with Crippen LogP contribution >= 0.6 is 35.0 Å². The van der Waals surface area contributed by atoms with Crippen LogP contribution in [0.15, 0.2) is 36.5 Å². The number of thioether (sulfide) groups is 1. The predicted octanol–water partition coefficient (Wildman–Crippen LogP) is 4.17. The molecule has 1 N–H and O–H groups in total. The van der Waals surface area contributed by atoms with Gasteiger partial charge in [0.2, 0.25) is 5.91 Å². The van der Waals surface area contributed by atoms with Crippen LogP contribution in [0.25, 0.3) is 0 Å². The second-order valence-corrected chi connectivity index (χ2v) is 6.26. The largest absolute Gasteiger partial charge is 0.310 e. The molecule has 2 rings (SSSR count). The van der Waals surface area contributed by atoms with Crippen molar-refractivity contribution in [3.8, 4) is 0 Å². The van der Waals surface area contributed by atoms with E-state index in [9.17, 15) is 14.9 Å². The molecule has 120 valence electrons. The summed E-state index contributed by atoms with van der Waals surface area (Å²) in [5, 5.41) is 14.2. The van der Waals surface area contributed by atoms with Gasteiger partial charge in [-0.3, -0.25) is 14.9 Å². The van der Waals surface area contributed by atoms with Crippen molar-refractivity contribution in [2.24, 2.45) is 0 Å². The van der Waals surface area contributed by atoms with Crippen molar-refractivity contribution in [3.63, 3.8) is 0 Å². The summed E-state index contributed by atoms with van der Waals surface area (Å²) in [7, 11) is 0. The minimum atomic E-state index is -0.551. The highest BCUT2D eigenvalue weighted by molar-refractivity contribution is 7.99. The molecule has 0 aliphatic heterocycles. The number of anilines is 1. The molecule has 0 atom stereocenters. The minimum Gasteiger partial charge on any atom is -0.310 e. The molecule has 0 aliphatic carbocycles. The SMILES string of the molecule is O=C(CSCc1ccc(Cl)cc1Cl)Nc1ccc([N+](=O)[O-])cn1. The molecular formula is C14H11Cl2N3O3S. The maximum Gasteiger partial charge on any atom is 0.287 e. The Morgan fingerprint density at radius 3 is 2.70 bits per heavy atom. The summed E-state index contributed by atoms with van der Waals surface area (Å²) in [5.41, 5.74) is 0.761. The molecule has 23 heavy (non-hydrogen) atoms. The Morgan fingerprint density at radius 1 is 1.30 bits per heavy atom.